The van der Waals surface area contributed by atoms with E-state index >= 15 is 0 Å². The van der Waals surface area contributed by atoms with Crippen LogP contribution in [0.5, 0.6) is 0 Å². The van der Waals surface area contributed by atoms with Gasteiger partial charge in [0.1, 0.15) is 5.69 Å². The second-order valence-electron chi connectivity index (χ2n) is 4.78. The van der Waals surface area contributed by atoms with Crippen molar-refractivity contribution in [3.8, 4) is 0 Å². The highest BCUT2D eigenvalue weighted by Gasteiger charge is 2.51. The van der Waals surface area contributed by atoms with Gasteiger partial charge in [0, 0.05) is 6.54 Å². The Bertz CT molecular complexity index is 422. The van der Waals surface area contributed by atoms with Crippen molar-refractivity contribution >= 4 is 58.0 Å². The number of rotatable bonds is 5. The highest BCUT2D eigenvalue weighted by atomic mass is 35.6. The lowest BCUT2D eigenvalue weighted by molar-refractivity contribution is 0.525. The van der Waals surface area contributed by atoms with Gasteiger partial charge in [-0.25, -0.2) is 4.68 Å². The zero-order chi connectivity index (χ0) is 14.8. The molecule has 1 aromatic rings. The van der Waals surface area contributed by atoms with Gasteiger partial charge < -0.3 is 0 Å². The molecule has 0 radical (unpaired) electrons. The Morgan fingerprint density at radius 3 is 2.16 bits per heavy atom. The van der Waals surface area contributed by atoms with E-state index in [0.717, 1.165) is 18.7 Å². The third-order valence-corrected chi connectivity index (χ3v) is 4.88. The molecule has 0 N–H and O–H groups in total. The van der Waals surface area contributed by atoms with Gasteiger partial charge in [-0.15, -0.1) is 5.10 Å². The van der Waals surface area contributed by atoms with E-state index in [9.17, 15) is 0 Å². The summed E-state index contributed by atoms with van der Waals surface area (Å²) < 4.78 is -1.84. The van der Waals surface area contributed by atoms with E-state index in [-0.39, 0.29) is 0 Å². The summed E-state index contributed by atoms with van der Waals surface area (Å²) in [4.78, 5) is 0. The number of hydrogen-bond acceptors (Lipinski definition) is 2. The van der Waals surface area contributed by atoms with Crippen LogP contribution in [0.25, 0.3) is 0 Å². The van der Waals surface area contributed by atoms with Crippen LogP contribution < -0.4 is 0 Å². The number of halogens is 5. The molecule has 0 unspecified atom stereocenters. The Kier molecular flexibility index (Phi) is 6.10. The molecule has 0 spiro atoms. The van der Waals surface area contributed by atoms with E-state index in [0.29, 0.717) is 18.0 Å². The van der Waals surface area contributed by atoms with Gasteiger partial charge in [-0.05, 0) is 18.8 Å². The fraction of sp³-hybridized carbons (Fsp3) is 0.818. The number of alkyl halides is 5. The second-order valence-corrected chi connectivity index (χ2v) is 8.39. The Labute approximate surface area is 138 Å². The SMILES string of the molecule is CCCn1nnc(C(Cl)(Cl)C(Cl)(Cl)Cl)c1CC(C)C. The van der Waals surface area contributed by atoms with Crippen LogP contribution in [-0.4, -0.2) is 18.8 Å². The molecule has 8 heteroatoms. The molecule has 0 fully saturated rings. The van der Waals surface area contributed by atoms with E-state index in [4.69, 9.17) is 58.0 Å². The predicted octanol–water partition coefficient (Wildman–Crippen LogP) is 4.89. The smallest absolute Gasteiger partial charge is 0.228 e. The van der Waals surface area contributed by atoms with Crippen LogP contribution in [0, 0.1) is 5.92 Å². The number of aromatic nitrogens is 3. The van der Waals surface area contributed by atoms with Gasteiger partial charge in [0.25, 0.3) is 0 Å². The lowest BCUT2D eigenvalue weighted by Crippen LogP contribution is -2.30. The first-order valence-corrected chi connectivity index (χ1v) is 7.87. The van der Waals surface area contributed by atoms with Crippen molar-refractivity contribution in [3.63, 3.8) is 0 Å². The summed E-state index contributed by atoms with van der Waals surface area (Å²) in [6.07, 6.45) is 1.63. The maximum absolute atomic E-state index is 6.19. The van der Waals surface area contributed by atoms with Gasteiger partial charge in [-0.2, -0.15) is 0 Å². The van der Waals surface area contributed by atoms with E-state index in [1.54, 1.807) is 4.68 Å². The predicted molar refractivity (Wildman–Crippen MR) is 82.5 cm³/mol. The van der Waals surface area contributed by atoms with Crippen LogP contribution >= 0.6 is 58.0 Å². The molecule has 0 amide bonds. The van der Waals surface area contributed by atoms with Crippen LogP contribution in [0.15, 0.2) is 0 Å². The molecular formula is C11H16Cl5N3. The maximum Gasteiger partial charge on any atom is 0.228 e. The van der Waals surface area contributed by atoms with Crippen molar-refractivity contribution in [3.05, 3.63) is 11.4 Å². The fourth-order valence-corrected chi connectivity index (χ4v) is 2.25. The van der Waals surface area contributed by atoms with Gasteiger partial charge in [0.15, 0.2) is 0 Å². The molecule has 0 atom stereocenters. The van der Waals surface area contributed by atoms with E-state index in [2.05, 4.69) is 24.2 Å². The van der Waals surface area contributed by atoms with Crippen LogP contribution in [-0.2, 0) is 17.3 Å². The third kappa shape index (κ3) is 4.04. The minimum absolute atomic E-state index is 0.318. The summed E-state index contributed by atoms with van der Waals surface area (Å²) >= 11 is 29.9. The summed E-state index contributed by atoms with van der Waals surface area (Å²) in [5.41, 5.74) is 1.13. The molecule has 1 rings (SSSR count). The highest BCUT2D eigenvalue weighted by molar-refractivity contribution is 6.75. The molecule has 0 saturated heterocycles. The minimum Gasteiger partial charge on any atom is -0.249 e. The quantitative estimate of drug-likeness (QED) is 0.694. The first-order chi connectivity index (χ1) is 8.61. The Balaban J connectivity index is 3.27. The fourth-order valence-electron chi connectivity index (χ4n) is 1.69. The number of hydrogen-bond donors (Lipinski definition) is 0. The van der Waals surface area contributed by atoms with Crippen LogP contribution in [0.4, 0.5) is 0 Å². The van der Waals surface area contributed by atoms with Crippen LogP contribution in [0.3, 0.4) is 0 Å². The van der Waals surface area contributed by atoms with Gasteiger partial charge >= 0.3 is 0 Å². The molecule has 110 valence electrons. The van der Waals surface area contributed by atoms with Crippen molar-refractivity contribution in [1.82, 2.24) is 15.0 Å². The van der Waals surface area contributed by atoms with Gasteiger partial charge in [0.2, 0.25) is 8.13 Å². The molecular weight excluding hydrogens is 351 g/mol. The van der Waals surface area contributed by atoms with Gasteiger partial charge in [0.05, 0.1) is 5.69 Å². The molecule has 19 heavy (non-hydrogen) atoms. The van der Waals surface area contributed by atoms with E-state index < -0.39 is 8.13 Å². The molecule has 1 heterocycles. The monoisotopic (exact) mass is 365 g/mol. The summed E-state index contributed by atoms with van der Waals surface area (Å²) in [6.45, 7) is 6.92. The van der Waals surface area contributed by atoms with Crippen molar-refractivity contribution < 1.29 is 0 Å². The van der Waals surface area contributed by atoms with Crippen molar-refractivity contribution in [2.75, 3.05) is 0 Å². The minimum atomic E-state index is -1.88. The lowest BCUT2D eigenvalue weighted by atomic mass is 10.1. The average Bonchev–Trinajstić information content (AvgIpc) is 2.60. The largest absolute Gasteiger partial charge is 0.249 e. The van der Waals surface area contributed by atoms with Crippen molar-refractivity contribution in [2.45, 2.75) is 48.3 Å². The molecule has 0 aliphatic heterocycles. The molecule has 3 nitrogen and oxygen atoms in total. The summed E-state index contributed by atoms with van der Waals surface area (Å²) in [6, 6.07) is 0. The number of nitrogens with zero attached hydrogens (tertiary/aromatic N) is 3. The molecule has 0 aromatic carbocycles. The third-order valence-electron chi connectivity index (χ3n) is 2.53. The van der Waals surface area contributed by atoms with Gasteiger partial charge in [-0.1, -0.05) is 84.0 Å². The van der Waals surface area contributed by atoms with Crippen molar-refractivity contribution in [1.29, 1.82) is 0 Å². The number of aryl methyl sites for hydroxylation is 1. The van der Waals surface area contributed by atoms with Crippen molar-refractivity contribution in [2.24, 2.45) is 5.92 Å². The van der Waals surface area contributed by atoms with Crippen LogP contribution in [0.2, 0.25) is 0 Å². The first kappa shape index (κ1) is 17.6. The zero-order valence-corrected chi connectivity index (χ0v) is 14.7. The van der Waals surface area contributed by atoms with E-state index in [1.807, 2.05) is 6.92 Å². The molecule has 0 aliphatic carbocycles. The highest BCUT2D eigenvalue weighted by Crippen LogP contribution is 2.53. The van der Waals surface area contributed by atoms with Gasteiger partial charge in [-0.3, -0.25) is 0 Å². The summed E-state index contributed by atoms with van der Waals surface area (Å²) in [5, 5.41) is 8.08. The second kappa shape index (κ2) is 6.57. The lowest BCUT2D eigenvalue weighted by Gasteiger charge is -2.26. The standard InChI is InChI=1S/C11H16Cl5N3/c1-4-5-19-8(6-7(2)3)9(17-18-19)10(12,13)11(14,15)16/h7H,4-6H2,1-3H3. The zero-order valence-electron chi connectivity index (χ0n) is 10.9. The van der Waals surface area contributed by atoms with Crippen LogP contribution in [0.1, 0.15) is 38.6 Å². The molecule has 0 aliphatic rings. The Morgan fingerprint density at radius 1 is 1.16 bits per heavy atom. The normalized spacial score (nSPS) is 13.3. The summed E-state index contributed by atoms with van der Waals surface area (Å²) in [7, 11) is 0. The Hall–Kier alpha value is 0.590. The first-order valence-electron chi connectivity index (χ1n) is 5.98. The molecule has 0 bridgehead atoms. The maximum atomic E-state index is 6.19. The average molecular weight is 368 g/mol. The molecule has 1 aromatic heterocycles. The van der Waals surface area contributed by atoms with E-state index in [1.165, 1.54) is 0 Å². The summed E-state index contributed by atoms with van der Waals surface area (Å²) in [5.74, 6) is 0.382. The Morgan fingerprint density at radius 2 is 1.74 bits per heavy atom. The molecule has 0 saturated carbocycles. The topological polar surface area (TPSA) is 30.7 Å².